The van der Waals surface area contributed by atoms with Gasteiger partial charge in [-0.1, -0.05) is 35.9 Å². The van der Waals surface area contributed by atoms with Gasteiger partial charge in [0.2, 0.25) is 5.91 Å². The minimum atomic E-state index is -1.20. The number of anilines is 2. The molecule has 0 spiro atoms. The van der Waals surface area contributed by atoms with E-state index >= 15 is 0 Å². The molecule has 1 saturated heterocycles. The number of halogens is 2. The first-order valence-corrected chi connectivity index (χ1v) is 10.9. The van der Waals surface area contributed by atoms with Crippen molar-refractivity contribution in [3.05, 3.63) is 89.2 Å². The largest absolute Gasteiger partial charge is 0.467 e. The summed E-state index contributed by atoms with van der Waals surface area (Å²) in [5, 5.41) is 7.19. The minimum Gasteiger partial charge on any atom is -0.467 e. The SMILES string of the molecule is C[C@]12Oc3ccccc3[C@H](NC(=S)N1c1cccc(F)c1)[C@@H]2C(=O)Nc1ccc(Cl)cc1. The maximum atomic E-state index is 14.1. The van der Waals surface area contributed by atoms with Crippen LogP contribution < -0.4 is 20.3 Å². The number of nitrogens with one attached hydrogen (secondary N) is 2. The summed E-state index contributed by atoms with van der Waals surface area (Å²) < 4.78 is 20.5. The Balaban J connectivity index is 1.61. The Morgan fingerprint density at radius 1 is 1.16 bits per heavy atom. The average molecular weight is 468 g/mol. The molecule has 3 aromatic rings. The summed E-state index contributed by atoms with van der Waals surface area (Å²) in [7, 11) is 0. The highest BCUT2D eigenvalue weighted by Gasteiger charge is 2.59. The maximum Gasteiger partial charge on any atom is 0.236 e. The fourth-order valence-electron chi connectivity index (χ4n) is 4.49. The Morgan fingerprint density at radius 2 is 1.91 bits per heavy atom. The van der Waals surface area contributed by atoms with Crippen LogP contribution >= 0.6 is 23.8 Å². The Hall–Kier alpha value is -3.16. The van der Waals surface area contributed by atoms with E-state index in [0.29, 0.717) is 27.3 Å². The van der Waals surface area contributed by atoms with E-state index in [-0.39, 0.29) is 5.91 Å². The summed E-state index contributed by atoms with van der Waals surface area (Å²) in [4.78, 5) is 15.3. The molecule has 8 heteroatoms. The van der Waals surface area contributed by atoms with E-state index in [1.54, 1.807) is 48.2 Å². The molecule has 1 fully saturated rings. The number of benzene rings is 3. The molecule has 3 atom stereocenters. The van der Waals surface area contributed by atoms with Crippen LogP contribution in [-0.4, -0.2) is 16.7 Å². The number of para-hydroxylation sites is 1. The predicted molar refractivity (Wildman–Crippen MR) is 126 cm³/mol. The Kier molecular flexibility index (Phi) is 5.03. The van der Waals surface area contributed by atoms with Crippen LogP contribution in [0, 0.1) is 11.7 Å². The van der Waals surface area contributed by atoms with Crippen molar-refractivity contribution in [2.45, 2.75) is 18.7 Å². The van der Waals surface area contributed by atoms with E-state index in [1.165, 1.54) is 12.1 Å². The number of thiocarbonyl (C=S) groups is 1. The van der Waals surface area contributed by atoms with Crippen molar-refractivity contribution in [2.75, 3.05) is 10.2 Å². The van der Waals surface area contributed by atoms with Crippen molar-refractivity contribution in [3.63, 3.8) is 0 Å². The number of fused-ring (bicyclic) bond motifs is 4. The molecule has 0 aliphatic carbocycles. The van der Waals surface area contributed by atoms with E-state index < -0.39 is 23.5 Å². The van der Waals surface area contributed by atoms with Gasteiger partial charge >= 0.3 is 0 Å². The highest BCUT2D eigenvalue weighted by atomic mass is 35.5. The number of carbonyl (C=O) groups is 1. The number of hydrogen-bond donors (Lipinski definition) is 2. The molecular formula is C24H19ClFN3O2S. The lowest BCUT2D eigenvalue weighted by Gasteiger charge is -2.56. The molecule has 0 saturated carbocycles. The number of carbonyl (C=O) groups excluding carboxylic acids is 1. The van der Waals surface area contributed by atoms with Gasteiger partial charge in [0, 0.05) is 22.0 Å². The van der Waals surface area contributed by atoms with Crippen LogP contribution in [0.15, 0.2) is 72.8 Å². The summed E-state index contributed by atoms with van der Waals surface area (Å²) in [6.07, 6.45) is 0. The van der Waals surface area contributed by atoms with Gasteiger partial charge in [0.15, 0.2) is 10.8 Å². The number of rotatable bonds is 3. The molecule has 32 heavy (non-hydrogen) atoms. The van der Waals surface area contributed by atoms with Gasteiger partial charge in [-0.25, -0.2) is 4.39 Å². The number of nitrogens with zero attached hydrogens (tertiary/aromatic N) is 1. The number of hydrogen-bond acceptors (Lipinski definition) is 3. The van der Waals surface area contributed by atoms with Gasteiger partial charge in [0.05, 0.1) is 6.04 Å². The normalized spacial score (nSPS) is 23.6. The number of amides is 1. The van der Waals surface area contributed by atoms with Crippen LogP contribution in [0.3, 0.4) is 0 Å². The summed E-state index contributed by atoms with van der Waals surface area (Å²) in [6, 6.07) is 20.1. The van der Waals surface area contributed by atoms with Gasteiger partial charge < -0.3 is 15.4 Å². The van der Waals surface area contributed by atoms with E-state index in [4.69, 9.17) is 28.6 Å². The van der Waals surface area contributed by atoms with Crippen LogP contribution in [0.5, 0.6) is 5.75 Å². The summed E-state index contributed by atoms with van der Waals surface area (Å²) in [6.45, 7) is 1.81. The van der Waals surface area contributed by atoms with Gasteiger partial charge in [-0.05, 0) is 67.7 Å². The molecule has 162 valence electrons. The predicted octanol–water partition coefficient (Wildman–Crippen LogP) is 5.28. The monoisotopic (exact) mass is 467 g/mol. The van der Waals surface area contributed by atoms with Crippen molar-refractivity contribution >= 4 is 46.2 Å². The van der Waals surface area contributed by atoms with Crippen molar-refractivity contribution in [2.24, 2.45) is 5.92 Å². The maximum absolute atomic E-state index is 14.1. The standard InChI is InChI=1S/C24H19ClFN3O2S/c1-24-20(22(30)27-16-11-9-14(25)10-12-16)21(18-7-2-3-8-19(18)31-24)28-23(32)29(24)17-6-4-5-15(26)13-17/h2-13,20-21H,1H3,(H,27,30)(H,28,32)/t20-,21+,24-/m1/s1. The van der Waals surface area contributed by atoms with Crippen molar-refractivity contribution in [1.29, 1.82) is 0 Å². The second-order valence-corrected chi connectivity index (χ2v) is 8.73. The lowest BCUT2D eigenvalue weighted by Crippen LogP contribution is -2.72. The molecule has 0 aromatic heterocycles. The van der Waals surface area contributed by atoms with E-state index in [2.05, 4.69) is 10.6 Å². The number of ether oxygens (including phenoxy) is 1. The van der Waals surface area contributed by atoms with Crippen molar-refractivity contribution in [3.8, 4) is 5.75 Å². The molecule has 5 rings (SSSR count). The molecule has 1 amide bonds. The third-order valence-corrected chi connectivity index (χ3v) is 6.42. The van der Waals surface area contributed by atoms with Gasteiger partial charge in [0.1, 0.15) is 17.5 Å². The lowest BCUT2D eigenvalue weighted by molar-refractivity contribution is -0.130. The first-order valence-electron chi connectivity index (χ1n) is 10.1. The zero-order valence-corrected chi connectivity index (χ0v) is 18.6. The van der Waals surface area contributed by atoms with Gasteiger partial charge in [-0.2, -0.15) is 0 Å². The Labute approximate surface area is 195 Å². The van der Waals surface area contributed by atoms with E-state index in [9.17, 15) is 9.18 Å². The smallest absolute Gasteiger partial charge is 0.236 e. The van der Waals surface area contributed by atoms with Crippen LogP contribution in [0.1, 0.15) is 18.5 Å². The van der Waals surface area contributed by atoms with Crippen molar-refractivity contribution < 1.29 is 13.9 Å². The topological polar surface area (TPSA) is 53.6 Å². The van der Waals surface area contributed by atoms with Crippen LogP contribution in [0.25, 0.3) is 0 Å². The molecule has 2 heterocycles. The summed E-state index contributed by atoms with van der Waals surface area (Å²) in [5.41, 5.74) is 0.737. The molecule has 2 aliphatic rings. The molecular weight excluding hydrogens is 449 g/mol. The van der Waals surface area contributed by atoms with E-state index in [1.807, 2.05) is 24.3 Å². The third kappa shape index (κ3) is 3.38. The van der Waals surface area contributed by atoms with Crippen molar-refractivity contribution in [1.82, 2.24) is 5.32 Å². The zero-order chi connectivity index (χ0) is 22.5. The lowest BCUT2D eigenvalue weighted by atomic mass is 9.78. The Morgan fingerprint density at radius 3 is 2.66 bits per heavy atom. The molecule has 2 aliphatic heterocycles. The van der Waals surface area contributed by atoms with Crippen LogP contribution in [0.4, 0.5) is 15.8 Å². The molecule has 3 aromatic carbocycles. The molecule has 0 unspecified atom stereocenters. The van der Waals surface area contributed by atoms with Gasteiger partial charge in [-0.15, -0.1) is 0 Å². The fraction of sp³-hybridized carbons (Fsp3) is 0.167. The highest BCUT2D eigenvalue weighted by Crippen LogP contribution is 2.49. The molecule has 5 nitrogen and oxygen atoms in total. The van der Waals surface area contributed by atoms with Gasteiger partial charge in [-0.3, -0.25) is 9.69 Å². The zero-order valence-electron chi connectivity index (χ0n) is 17.0. The van der Waals surface area contributed by atoms with Crippen LogP contribution in [0.2, 0.25) is 5.02 Å². The molecule has 2 bridgehead atoms. The molecule has 0 radical (unpaired) electrons. The minimum absolute atomic E-state index is 0.259. The second kappa shape index (κ2) is 7.76. The quantitative estimate of drug-likeness (QED) is 0.513. The fourth-order valence-corrected chi connectivity index (χ4v) is 5.03. The summed E-state index contributed by atoms with van der Waals surface area (Å²) >= 11 is 11.6. The highest BCUT2D eigenvalue weighted by molar-refractivity contribution is 7.80. The third-order valence-electron chi connectivity index (χ3n) is 5.87. The van der Waals surface area contributed by atoms with Gasteiger partial charge in [0.25, 0.3) is 0 Å². The summed E-state index contributed by atoms with van der Waals surface area (Å²) in [5.74, 6) is -0.727. The Bertz CT molecular complexity index is 1220. The average Bonchev–Trinajstić information content (AvgIpc) is 2.74. The van der Waals surface area contributed by atoms with Crippen LogP contribution in [-0.2, 0) is 4.79 Å². The second-order valence-electron chi connectivity index (χ2n) is 7.91. The first kappa shape index (κ1) is 20.7. The molecule has 2 N–H and O–H groups in total. The van der Waals surface area contributed by atoms with E-state index in [0.717, 1.165) is 5.56 Å². The first-order chi connectivity index (χ1) is 15.4.